The lowest BCUT2D eigenvalue weighted by Gasteiger charge is -2.36. The van der Waals surface area contributed by atoms with Crippen molar-refractivity contribution in [2.24, 2.45) is 7.05 Å². The van der Waals surface area contributed by atoms with Gasteiger partial charge < -0.3 is 9.64 Å². The highest BCUT2D eigenvalue weighted by Crippen LogP contribution is 2.36. The lowest BCUT2D eigenvalue weighted by molar-refractivity contribution is -0.141. The van der Waals surface area contributed by atoms with Crippen LogP contribution in [0.2, 0.25) is 0 Å². The smallest absolute Gasteiger partial charge is 0.367 e. The van der Waals surface area contributed by atoms with Gasteiger partial charge in [0.25, 0.3) is 5.56 Å². The number of alkyl halides is 3. The van der Waals surface area contributed by atoms with E-state index in [0.717, 1.165) is 35.4 Å². The zero-order valence-electron chi connectivity index (χ0n) is 20.1. The lowest BCUT2D eigenvalue weighted by Crippen LogP contribution is -2.43. The number of rotatable bonds is 4. The molecule has 1 saturated heterocycles. The number of halogens is 3. The Hall–Kier alpha value is -3.87. The molecule has 4 aromatic heterocycles. The molecule has 1 saturated carbocycles. The Bertz CT molecular complexity index is 1530. The van der Waals surface area contributed by atoms with E-state index in [1.807, 2.05) is 22.7 Å². The van der Waals surface area contributed by atoms with Gasteiger partial charge in [-0.2, -0.15) is 23.4 Å². The second-order valence-corrected chi connectivity index (χ2v) is 9.46. The Morgan fingerprint density at radius 3 is 2.57 bits per heavy atom. The number of nitrogens with zero attached hydrogens (tertiary/aromatic N) is 8. The van der Waals surface area contributed by atoms with Crippen LogP contribution in [-0.4, -0.2) is 53.7 Å². The van der Waals surface area contributed by atoms with Crippen molar-refractivity contribution in [3.05, 3.63) is 58.5 Å². The molecule has 1 aliphatic carbocycles. The van der Waals surface area contributed by atoms with Gasteiger partial charge in [0, 0.05) is 37.1 Å². The summed E-state index contributed by atoms with van der Waals surface area (Å²) in [5, 5.41) is 8.85. The molecule has 0 amide bonds. The molecule has 6 rings (SSSR count). The first kappa shape index (κ1) is 23.5. The summed E-state index contributed by atoms with van der Waals surface area (Å²) in [6.45, 7) is 2.83. The van der Waals surface area contributed by atoms with E-state index in [1.165, 1.54) is 19.3 Å². The Kier molecular flexibility index (Phi) is 5.48. The molecule has 0 N–H and O–H groups in total. The van der Waals surface area contributed by atoms with Gasteiger partial charge in [-0.25, -0.2) is 14.6 Å². The standard InChI is InChI=1S/C24H23F3N8O2/c1-13-10-34(12-18(37-13)15-8-30-35(11-15)16-4-5-16)23-31-20(14-3-6-19(28-7-14)24(25,26)27)17-9-29-33(2)22(36)21(17)32-23/h3,6-9,11,13,16,18H,4-5,10,12H2,1-2H3. The van der Waals surface area contributed by atoms with Gasteiger partial charge >= 0.3 is 6.18 Å². The number of pyridine rings is 1. The molecule has 10 nitrogen and oxygen atoms in total. The second-order valence-electron chi connectivity index (χ2n) is 9.46. The maximum Gasteiger partial charge on any atom is 0.433 e. The van der Waals surface area contributed by atoms with Crippen LogP contribution in [0.4, 0.5) is 19.1 Å². The number of aryl methyl sites for hydroxylation is 1. The van der Waals surface area contributed by atoms with E-state index in [9.17, 15) is 18.0 Å². The van der Waals surface area contributed by atoms with E-state index < -0.39 is 17.4 Å². The predicted octanol–water partition coefficient (Wildman–Crippen LogP) is 3.30. The van der Waals surface area contributed by atoms with Crippen molar-refractivity contribution >= 4 is 16.9 Å². The van der Waals surface area contributed by atoms with Crippen molar-refractivity contribution in [1.82, 2.24) is 34.5 Å². The fourth-order valence-corrected chi connectivity index (χ4v) is 4.51. The highest BCUT2D eigenvalue weighted by atomic mass is 19.4. The Labute approximate surface area is 208 Å². The summed E-state index contributed by atoms with van der Waals surface area (Å²) in [7, 11) is 1.51. The number of fused-ring (bicyclic) bond motifs is 1. The maximum absolute atomic E-state index is 13.1. The maximum atomic E-state index is 13.1. The van der Waals surface area contributed by atoms with E-state index in [0.29, 0.717) is 30.1 Å². The highest BCUT2D eigenvalue weighted by Gasteiger charge is 2.33. The zero-order chi connectivity index (χ0) is 25.9. The van der Waals surface area contributed by atoms with Crippen LogP contribution in [0, 0.1) is 0 Å². The van der Waals surface area contributed by atoms with Gasteiger partial charge in [0.05, 0.1) is 42.2 Å². The highest BCUT2D eigenvalue weighted by molar-refractivity contribution is 5.91. The third kappa shape index (κ3) is 4.43. The van der Waals surface area contributed by atoms with E-state index in [-0.39, 0.29) is 29.4 Å². The van der Waals surface area contributed by atoms with Crippen LogP contribution in [-0.2, 0) is 18.0 Å². The van der Waals surface area contributed by atoms with Crippen molar-refractivity contribution in [2.75, 3.05) is 18.0 Å². The minimum atomic E-state index is -4.57. The van der Waals surface area contributed by atoms with E-state index in [1.54, 1.807) is 6.20 Å². The molecule has 13 heteroatoms. The second kappa shape index (κ2) is 8.61. The van der Waals surface area contributed by atoms with Gasteiger partial charge in [0.15, 0.2) is 0 Å². The molecular formula is C24H23F3N8O2. The topological polar surface area (TPSA) is 104 Å². The molecule has 192 valence electrons. The van der Waals surface area contributed by atoms with Gasteiger partial charge in [-0.05, 0) is 31.9 Å². The van der Waals surface area contributed by atoms with Gasteiger partial charge in [-0.3, -0.25) is 14.5 Å². The zero-order valence-corrected chi connectivity index (χ0v) is 20.1. The van der Waals surface area contributed by atoms with Crippen LogP contribution in [0.3, 0.4) is 0 Å². The Morgan fingerprint density at radius 2 is 1.86 bits per heavy atom. The Balaban J connectivity index is 1.42. The number of hydrogen-bond donors (Lipinski definition) is 0. The quantitative estimate of drug-likeness (QED) is 0.410. The average Bonchev–Trinajstić information content (AvgIpc) is 3.61. The third-order valence-corrected chi connectivity index (χ3v) is 6.58. The van der Waals surface area contributed by atoms with E-state index in [4.69, 9.17) is 9.72 Å². The van der Waals surface area contributed by atoms with Crippen LogP contribution in [0.25, 0.3) is 22.2 Å². The summed E-state index contributed by atoms with van der Waals surface area (Å²) in [5.74, 6) is 0.278. The first-order valence-electron chi connectivity index (χ1n) is 11.9. The fourth-order valence-electron chi connectivity index (χ4n) is 4.51. The fraction of sp³-hybridized carbons (Fsp3) is 0.417. The van der Waals surface area contributed by atoms with Crippen molar-refractivity contribution in [1.29, 1.82) is 0 Å². The van der Waals surface area contributed by atoms with Crippen molar-refractivity contribution in [2.45, 2.75) is 44.2 Å². The third-order valence-electron chi connectivity index (χ3n) is 6.58. The molecule has 37 heavy (non-hydrogen) atoms. The van der Waals surface area contributed by atoms with Crippen LogP contribution in [0.1, 0.15) is 43.2 Å². The van der Waals surface area contributed by atoms with Crippen molar-refractivity contribution < 1.29 is 17.9 Å². The molecular weight excluding hydrogens is 489 g/mol. The molecule has 0 aromatic carbocycles. The van der Waals surface area contributed by atoms with E-state index >= 15 is 0 Å². The van der Waals surface area contributed by atoms with Crippen LogP contribution < -0.4 is 10.5 Å². The SMILES string of the molecule is CC1CN(c2nc(-c3ccc(C(F)(F)F)nc3)c3cnn(C)c(=O)c3n2)CC(c2cnn(C3CC3)c2)O1. The molecule has 0 radical (unpaired) electrons. The molecule has 2 unspecified atom stereocenters. The Morgan fingerprint density at radius 1 is 1.05 bits per heavy atom. The molecule has 4 aromatic rings. The van der Waals surface area contributed by atoms with Gasteiger partial charge in [-0.1, -0.05) is 0 Å². The summed E-state index contributed by atoms with van der Waals surface area (Å²) in [4.78, 5) is 27.7. The summed E-state index contributed by atoms with van der Waals surface area (Å²) in [6.07, 6.45) is 3.55. The summed E-state index contributed by atoms with van der Waals surface area (Å²) in [6, 6.07) is 2.62. The number of morpholine rings is 1. The largest absolute Gasteiger partial charge is 0.433 e. The van der Waals surface area contributed by atoms with Gasteiger partial charge in [0.1, 0.15) is 17.3 Å². The van der Waals surface area contributed by atoms with Crippen molar-refractivity contribution in [3.63, 3.8) is 0 Å². The number of anilines is 1. The molecule has 2 aliphatic rings. The molecule has 0 bridgehead atoms. The number of aromatic nitrogens is 7. The van der Waals surface area contributed by atoms with Gasteiger partial charge in [0.2, 0.25) is 5.95 Å². The summed E-state index contributed by atoms with van der Waals surface area (Å²) < 4.78 is 48.5. The minimum absolute atomic E-state index is 0.120. The molecule has 2 atom stereocenters. The lowest BCUT2D eigenvalue weighted by atomic mass is 10.1. The van der Waals surface area contributed by atoms with E-state index in [2.05, 4.69) is 20.2 Å². The minimum Gasteiger partial charge on any atom is -0.367 e. The number of hydrogen-bond acceptors (Lipinski definition) is 8. The van der Waals surface area contributed by atoms with Crippen LogP contribution >= 0.6 is 0 Å². The monoisotopic (exact) mass is 512 g/mol. The summed E-state index contributed by atoms with van der Waals surface area (Å²) in [5.41, 5.74) is 0.210. The van der Waals surface area contributed by atoms with Gasteiger partial charge in [-0.15, -0.1) is 0 Å². The molecule has 2 fully saturated rings. The summed E-state index contributed by atoms with van der Waals surface area (Å²) >= 11 is 0. The van der Waals surface area contributed by atoms with Crippen LogP contribution in [0.5, 0.6) is 0 Å². The molecule has 1 aliphatic heterocycles. The first-order valence-corrected chi connectivity index (χ1v) is 11.9. The first-order chi connectivity index (χ1) is 17.7. The normalized spacial score (nSPS) is 20.5. The molecule has 0 spiro atoms. The van der Waals surface area contributed by atoms with Crippen LogP contribution in [0.15, 0.2) is 41.7 Å². The van der Waals surface area contributed by atoms with Crippen molar-refractivity contribution in [3.8, 4) is 11.3 Å². The average molecular weight is 512 g/mol. The number of ether oxygens (including phenoxy) is 1. The molecule has 5 heterocycles. The predicted molar refractivity (Wildman–Crippen MR) is 127 cm³/mol.